The highest BCUT2D eigenvalue weighted by Gasteiger charge is 2.16. The number of nitrogens with zero attached hydrogens (tertiary/aromatic N) is 2. The van der Waals surface area contributed by atoms with E-state index in [0.717, 1.165) is 16.7 Å². The van der Waals surface area contributed by atoms with E-state index in [4.69, 9.17) is 21.7 Å². The number of methoxy groups -OCH3 is 1. The van der Waals surface area contributed by atoms with Gasteiger partial charge in [0.05, 0.1) is 19.8 Å². The summed E-state index contributed by atoms with van der Waals surface area (Å²) in [7, 11) is 1.60. The van der Waals surface area contributed by atoms with Crippen LogP contribution in [0.3, 0.4) is 0 Å². The fourth-order valence-corrected chi connectivity index (χ4v) is 3.41. The number of rotatable bonds is 8. The number of aromatic nitrogens is 3. The Balaban J connectivity index is 1.75. The molecule has 0 spiro atoms. The van der Waals surface area contributed by atoms with Gasteiger partial charge in [0.1, 0.15) is 6.54 Å². The van der Waals surface area contributed by atoms with Crippen LogP contribution in [-0.4, -0.2) is 34.4 Å². The quantitative estimate of drug-likeness (QED) is 0.528. The fourth-order valence-electron chi connectivity index (χ4n) is 3.21. The number of ether oxygens (including phenoxy) is 2. The Hall–Kier alpha value is -3.13. The molecule has 0 aliphatic rings. The van der Waals surface area contributed by atoms with Crippen LogP contribution in [0.25, 0.3) is 11.4 Å². The van der Waals surface area contributed by atoms with E-state index in [0.29, 0.717) is 28.7 Å². The zero-order chi connectivity index (χ0) is 21.7. The van der Waals surface area contributed by atoms with Crippen molar-refractivity contribution in [1.29, 1.82) is 0 Å². The summed E-state index contributed by atoms with van der Waals surface area (Å²) >= 11 is 5.34. The van der Waals surface area contributed by atoms with Gasteiger partial charge in [-0.15, -0.1) is 0 Å². The molecule has 7 nitrogen and oxygen atoms in total. The third-order valence-electron chi connectivity index (χ3n) is 4.70. The second kappa shape index (κ2) is 9.58. The van der Waals surface area contributed by atoms with E-state index >= 15 is 0 Å². The average molecular weight is 427 g/mol. The summed E-state index contributed by atoms with van der Waals surface area (Å²) in [5.74, 6) is 1.78. The molecule has 3 aromatic rings. The van der Waals surface area contributed by atoms with Gasteiger partial charge in [-0.25, -0.2) is 0 Å². The van der Waals surface area contributed by atoms with Crippen molar-refractivity contribution in [2.24, 2.45) is 0 Å². The van der Waals surface area contributed by atoms with E-state index in [1.165, 1.54) is 0 Å². The molecule has 2 N–H and O–H groups in total. The normalized spacial score (nSPS) is 11.7. The predicted molar refractivity (Wildman–Crippen MR) is 118 cm³/mol. The molecule has 0 aliphatic heterocycles. The number of carbonyl (C=O) groups is 1. The van der Waals surface area contributed by atoms with Crippen LogP contribution in [0.2, 0.25) is 0 Å². The largest absolute Gasteiger partial charge is 0.493 e. The zero-order valence-corrected chi connectivity index (χ0v) is 18.4. The summed E-state index contributed by atoms with van der Waals surface area (Å²) < 4.78 is 13.1. The van der Waals surface area contributed by atoms with Crippen molar-refractivity contribution in [1.82, 2.24) is 20.1 Å². The SMILES string of the molecule is CCOc1ccc(C(C)NC(=O)Cn2c(-c3cccc(C)c3)n[nH]c2=S)cc1OC. The first-order chi connectivity index (χ1) is 14.4. The molecule has 1 atom stereocenters. The summed E-state index contributed by atoms with van der Waals surface area (Å²) in [6.07, 6.45) is 0. The lowest BCUT2D eigenvalue weighted by atomic mass is 10.1. The van der Waals surface area contributed by atoms with Gasteiger partial charge in [0.15, 0.2) is 22.1 Å². The maximum Gasteiger partial charge on any atom is 0.240 e. The van der Waals surface area contributed by atoms with Crippen LogP contribution in [0, 0.1) is 11.7 Å². The lowest BCUT2D eigenvalue weighted by Gasteiger charge is -2.17. The molecule has 8 heteroatoms. The van der Waals surface area contributed by atoms with Crippen molar-refractivity contribution in [3.63, 3.8) is 0 Å². The minimum Gasteiger partial charge on any atom is -0.493 e. The molecular weight excluding hydrogens is 400 g/mol. The van der Waals surface area contributed by atoms with Crippen LogP contribution in [0.4, 0.5) is 0 Å². The number of H-pyrrole nitrogens is 1. The molecule has 1 aromatic heterocycles. The minimum atomic E-state index is -0.217. The summed E-state index contributed by atoms with van der Waals surface area (Å²) in [6.45, 7) is 6.47. The molecule has 1 unspecified atom stereocenters. The van der Waals surface area contributed by atoms with Crippen LogP contribution in [0.5, 0.6) is 11.5 Å². The molecular formula is C22H26N4O3S. The molecule has 0 aliphatic carbocycles. The van der Waals surface area contributed by atoms with E-state index < -0.39 is 0 Å². The van der Waals surface area contributed by atoms with Crippen molar-refractivity contribution in [2.45, 2.75) is 33.4 Å². The lowest BCUT2D eigenvalue weighted by molar-refractivity contribution is -0.122. The molecule has 1 amide bonds. The highest BCUT2D eigenvalue weighted by atomic mass is 32.1. The van der Waals surface area contributed by atoms with E-state index in [2.05, 4.69) is 15.5 Å². The molecule has 0 radical (unpaired) electrons. The highest BCUT2D eigenvalue weighted by Crippen LogP contribution is 2.30. The summed E-state index contributed by atoms with van der Waals surface area (Å²) in [6, 6.07) is 13.3. The second-order valence-corrected chi connectivity index (χ2v) is 7.33. The zero-order valence-electron chi connectivity index (χ0n) is 17.6. The summed E-state index contributed by atoms with van der Waals surface area (Å²) in [5.41, 5.74) is 2.92. The number of benzene rings is 2. The number of hydrogen-bond acceptors (Lipinski definition) is 5. The molecule has 0 fully saturated rings. The molecule has 2 aromatic carbocycles. The third kappa shape index (κ3) is 4.88. The Bertz CT molecular complexity index is 1090. The van der Waals surface area contributed by atoms with Crippen molar-refractivity contribution in [3.05, 3.63) is 58.4 Å². The molecule has 158 valence electrons. The highest BCUT2D eigenvalue weighted by molar-refractivity contribution is 7.71. The Morgan fingerprint density at radius 2 is 2.07 bits per heavy atom. The minimum absolute atomic E-state index is 0.0666. The molecule has 0 bridgehead atoms. The van der Waals surface area contributed by atoms with Gasteiger partial charge in [-0.2, -0.15) is 5.10 Å². The van der Waals surface area contributed by atoms with E-state index in [1.54, 1.807) is 11.7 Å². The predicted octanol–water partition coefficient (Wildman–Crippen LogP) is 4.20. The Morgan fingerprint density at radius 3 is 2.77 bits per heavy atom. The lowest BCUT2D eigenvalue weighted by Crippen LogP contribution is -2.30. The van der Waals surface area contributed by atoms with Gasteiger partial charge >= 0.3 is 0 Å². The van der Waals surface area contributed by atoms with Crippen molar-refractivity contribution < 1.29 is 14.3 Å². The fraction of sp³-hybridized carbons (Fsp3) is 0.318. The van der Waals surface area contributed by atoms with Crippen molar-refractivity contribution in [2.75, 3.05) is 13.7 Å². The van der Waals surface area contributed by atoms with Crippen LogP contribution in [-0.2, 0) is 11.3 Å². The molecule has 0 saturated carbocycles. The van der Waals surface area contributed by atoms with Gasteiger partial charge in [-0.1, -0.05) is 29.8 Å². The van der Waals surface area contributed by atoms with Gasteiger partial charge in [0.2, 0.25) is 5.91 Å². The van der Waals surface area contributed by atoms with E-state index in [1.807, 2.05) is 63.2 Å². The van der Waals surface area contributed by atoms with Gasteiger partial charge in [-0.05, 0) is 56.8 Å². The standard InChI is InChI=1S/C22H26N4O3S/c1-5-29-18-10-9-16(12-19(18)28-4)15(3)23-20(27)13-26-21(24-25-22(26)30)17-8-6-7-14(2)11-17/h6-12,15H,5,13H2,1-4H3,(H,23,27)(H,25,30). The van der Waals surface area contributed by atoms with Gasteiger partial charge in [0, 0.05) is 5.56 Å². The third-order valence-corrected chi connectivity index (χ3v) is 5.01. The van der Waals surface area contributed by atoms with Gasteiger partial charge in [0.25, 0.3) is 0 Å². The summed E-state index contributed by atoms with van der Waals surface area (Å²) in [5, 5.41) is 10.1. The number of nitrogens with one attached hydrogen (secondary N) is 2. The smallest absolute Gasteiger partial charge is 0.240 e. The Labute approximate surface area is 181 Å². The maximum atomic E-state index is 12.7. The van der Waals surface area contributed by atoms with E-state index in [9.17, 15) is 4.79 Å². The first-order valence-corrected chi connectivity index (χ1v) is 10.2. The van der Waals surface area contributed by atoms with Crippen LogP contribution >= 0.6 is 12.2 Å². The number of carbonyl (C=O) groups excluding carboxylic acids is 1. The Morgan fingerprint density at radius 1 is 1.27 bits per heavy atom. The average Bonchev–Trinajstić information content (AvgIpc) is 3.08. The van der Waals surface area contributed by atoms with Gasteiger partial charge < -0.3 is 14.8 Å². The number of amides is 1. The van der Waals surface area contributed by atoms with Crippen LogP contribution in [0.15, 0.2) is 42.5 Å². The maximum absolute atomic E-state index is 12.7. The first kappa shape index (κ1) is 21.6. The molecule has 3 rings (SSSR count). The number of aryl methyl sites for hydroxylation is 1. The Kier molecular flexibility index (Phi) is 6.89. The van der Waals surface area contributed by atoms with Crippen molar-refractivity contribution >= 4 is 18.1 Å². The number of hydrogen-bond donors (Lipinski definition) is 2. The number of aromatic amines is 1. The monoisotopic (exact) mass is 426 g/mol. The topological polar surface area (TPSA) is 81.2 Å². The molecule has 0 saturated heterocycles. The van der Waals surface area contributed by atoms with Crippen molar-refractivity contribution in [3.8, 4) is 22.9 Å². The van der Waals surface area contributed by atoms with E-state index in [-0.39, 0.29) is 18.5 Å². The van der Waals surface area contributed by atoms with Crippen LogP contribution in [0.1, 0.15) is 31.0 Å². The first-order valence-electron chi connectivity index (χ1n) is 9.75. The van der Waals surface area contributed by atoms with Crippen LogP contribution < -0.4 is 14.8 Å². The second-order valence-electron chi connectivity index (χ2n) is 6.94. The van der Waals surface area contributed by atoms with Gasteiger partial charge in [-0.3, -0.25) is 14.5 Å². The summed E-state index contributed by atoms with van der Waals surface area (Å²) in [4.78, 5) is 12.7. The molecule has 30 heavy (non-hydrogen) atoms. The molecule has 1 heterocycles.